The molecule has 0 atom stereocenters. The van der Waals surface area contributed by atoms with Gasteiger partial charge >= 0.3 is 0 Å². The van der Waals surface area contributed by atoms with Crippen molar-refractivity contribution in [3.8, 4) is 5.75 Å². The third kappa shape index (κ3) is 3.62. The fraction of sp³-hybridized carbons (Fsp3) is 0.200. The largest absolute Gasteiger partial charge is 0.488 e. The first-order chi connectivity index (χ1) is 9.93. The van der Waals surface area contributed by atoms with Gasteiger partial charge < -0.3 is 10.5 Å². The average Bonchev–Trinajstić information content (AvgIpc) is 2.44. The molecule has 21 heavy (non-hydrogen) atoms. The minimum atomic E-state index is -0.654. The first kappa shape index (κ1) is 16.4. The molecule has 6 heteroatoms. The Morgan fingerprint density at radius 2 is 1.90 bits per heavy atom. The van der Waals surface area contributed by atoms with Crippen molar-refractivity contribution < 1.29 is 13.5 Å². The summed E-state index contributed by atoms with van der Waals surface area (Å²) in [6, 6.07) is 6.21. The Labute approximate surface area is 138 Å². The summed E-state index contributed by atoms with van der Waals surface area (Å²) in [4.78, 5) is 0. The minimum absolute atomic E-state index is 0.116. The van der Waals surface area contributed by atoms with Crippen LogP contribution in [0.15, 0.2) is 33.2 Å². The van der Waals surface area contributed by atoms with Crippen molar-refractivity contribution >= 4 is 31.9 Å². The van der Waals surface area contributed by atoms with Crippen LogP contribution < -0.4 is 10.5 Å². The molecule has 0 amide bonds. The number of nitrogens with two attached hydrogens (primary N) is 1. The van der Waals surface area contributed by atoms with Gasteiger partial charge in [-0.1, -0.05) is 15.9 Å². The Bertz CT molecular complexity index is 677. The quantitative estimate of drug-likeness (QED) is 0.718. The molecule has 112 valence electrons. The van der Waals surface area contributed by atoms with E-state index in [2.05, 4.69) is 31.9 Å². The summed E-state index contributed by atoms with van der Waals surface area (Å²) in [5.41, 5.74) is 7.19. The molecule has 2 nitrogen and oxygen atoms in total. The van der Waals surface area contributed by atoms with E-state index in [0.29, 0.717) is 5.75 Å². The van der Waals surface area contributed by atoms with Crippen LogP contribution in [0, 0.1) is 18.6 Å². The SMILES string of the molecule is Cc1cc(Br)cc(CN)c1OCc1c(F)ccc(Br)c1F. The third-order valence-electron chi connectivity index (χ3n) is 3.04. The molecule has 0 radical (unpaired) electrons. The molecule has 0 aliphatic heterocycles. The summed E-state index contributed by atoms with van der Waals surface area (Å²) in [5.74, 6) is -0.738. The highest BCUT2D eigenvalue weighted by molar-refractivity contribution is 9.10. The molecule has 0 heterocycles. The van der Waals surface area contributed by atoms with Crippen molar-refractivity contribution in [1.29, 1.82) is 0 Å². The Kier molecular flexibility index (Phi) is 5.35. The van der Waals surface area contributed by atoms with Gasteiger partial charge in [0, 0.05) is 16.6 Å². The number of ether oxygens (including phenoxy) is 1. The second kappa shape index (κ2) is 6.85. The Balaban J connectivity index is 2.31. The molecule has 0 saturated carbocycles. The van der Waals surface area contributed by atoms with Crippen molar-refractivity contribution in [2.24, 2.45) is 5.73 Å². The van der Waals surface area contributed by atoms with Crippen LogP contribution in [-0.2, 0) is 13.2 Å². The van der Waals surface area contributed by atoms with Crippen molar-refractivity contribution in [1.82, 2.24) is 0 Å². The minimum Gasteiger partial charge on any atom is -0.488 e. The molecule has 0 unspecified atom stereocenters. The molecule has 0 aromatic heterocycles. The second-order valence-corrected chi connectivity index (χ2v) is 6.30. The van der Waals surface area contributed by atoms with E-state index in [1.54, 1.807) is 0 Å². The zero-order valence-corrected chi connectivity index (χ0v) is 14.4. The van der Waals surface area contributed by atoms with Crippen molar-refractivity contribution in [2.75, 3.05) is 0 Å². The molecular formula is C15H13Br2F2NO. The van der Waals surface area contributed by atoms with Gasteiger partial charge in [0.25, 0.3) is 0 Å². The van der Waals surface area contributed by atoms with Gasteiger partial charge in [-0.3, -0.25) is 0 Å². The Hall–Kier alpha value is -0.980. The lowest BCUT2D eigenvalue weighted by molar-refractivity contribution is 0.287. The molecule has 0 saturated heterocycles. The zero-order chi connectivity index (χ0) is 15.6. The predicted octanol–water partition coefficient (Wildman–Crippen LogP) is 4.84. The number of hydrogen-bond donors (Lipinski definition) is 1. The number of benzene rings is 2. The molecule has 0 spiro atoms. The van der Waals surface area contributed by atoms with Gasteiger partial charge in [0.2, 0.25) is 0 Å². The van der Waals surface area contributed by atoms with Crippen LogP contribution in [0.2, 0.25) is 0 Å². The van der Waals surface area contributed by atoms with Crippen LogP contribution in [0.4, 0.5) is 8.78 Å². The van der Waals surface area contributed by atoms with Crippen LogP contribution in [0.3, 0.4) is 0 Å². The van der Waals surface area contributed by atoms with E-state index in [4.69, 9.17) is 10.5 Å². The van der Waals surface area contributed by atoms with Crippen LogP contribution in [0.5, 0.6) is 5.75 Å². The van der Waals surface area contributed by atoms with Crippen LogP contribution >= 0.6 is 31.9 Å². The highest BCUT2D eigenvalue weighted by Gasteiger charge is 2.15. The number of hydrogen-bond acceptors (Lipinski definition) is 2. The van der Waals surface area contributed by atoms with Gasteiger partial charge in [-0.05, 0) is 52.7 Å². The van der Waals surface area contributed by atoms with E-state index in [0.717, 1.165) is 15.6 Å². The van der Waals surface area contributed by atoms with Gasteiger partial charge in [0.05, 0.1) is 10.0 Å². The molecule has 2 N–H and O–H groups in total. The van der Waals surface area contributed by atoms with Gasteiger partial charge in [-0.25, -0.2) is 8.78 Å². The van der Waals surface area contributed by atoms with E-state index in [1.165, 1.54) is 12.1 Å². The fourth-order valence-electron chi connectivity index (χ4n) is 2.00. The molecular weight excluding hydrogens is 408 g/mol. The van der Waals surface area contributed by atoms with E-state index in [-0.39, 0.29) is 23.2 Å². The van der Waals surface area contributed by atoms with Gasteiger partial charge in [-0.15, -0.1) is 0 Å². The summed E-state index contributed by atoms with van der Waals surface area (Å²) in [7, 11) is 0. The first-order valence-electron chi connectivity index (χ1n) is 6.18. The summed E-state index contributed by atoms with van der Waals surface area (Å²) in [6.45, 7) is 1.93. The molecule has 0 aliphatic rings. The van der Waals surface area contributed by atoms with E-state index in [1.807, 2.05) is 19.1 Å². The smallest absolute Gasteiger partial charge is 0.146 e. The lowest BCUT2D eigenvalue weighted by atomic mass is 10.1. The number of aryl methyl sites for hydroxylation is 1. The van der Waals surface area contributed by atoms with Crippen LogP contribution in [0.25, 0.3) is 0 Å². The van der Waals surface area contributed by atoms with E-state index >= 15 is 0 Å². The monoisotopic (exact) mass is 419 g/mol. The summed E-state index contributed by atoms with van der Waals surface area (Å²) < 4.78 is 34.3. The highest BCUT2D eigenvalue weighted by atomic mass is 79.9. The third-order valence-corrected chi connectivity index (χ3v) is 4.11. The fourth-order valence-corrected chi connectivity index (χ4v) is 2.99. The second-order valence-electron chi connectivity index (χ2n) is 4.53. The normalized spacial score (nSPS) is 10.8. The van der Waals surface area contributed by atoms with Crippen LogP contribution in [-0.4, -0.2) is 0 Å². The maximum Gasteiger partial charge on any atom is 0.146 e. The number of halogens is 4. The van der Waals surface area contributed by atoms with Gasteiger partial charge in [-0.2, -0.15) is 0 Å². The van der Waals surface area contributed by atoms with Crippen molar-refractivity contribution in [3.05, 3.63) is 61.5 Å². The summed E-state index contributed by atoms with van der Waals surface area (Å²) >= 11 is 6.41. The van der Waals surface area contributed by atoms with Crippen molar-refractivity contribution in [3.63, 3.8) is 0 Å². The van der Waals surface area contributed by atoms with Gasteiger partial charge in [0.1, 0.15) is 24.0 Å². The number of rotatable bonds is 4. The summed E-state index contributed by atoms with van der Waals surface area (Å²) in [5, 5.41) is 0. The molecule has 2 rings (SSSR count). The molecule has 0 aliphatic carbocycles. The van der Waals surface area contributed by atoms with Crippen LogP contribution in [0.1, 0.15) is 16.7 Å². The molecule has 2 aromatic rings. The lowest BCUT2D eigenvalue weighted by Crippen LogP contribution is -2.07. The molecule has 2 aromatic carbocycles. The topological polar surface area (TPSA) is 35.2 Å². The van der Waals surface area contributed by atoms with E-state index in [9.17, 15) is 8.78 Å². The lowest BCUT2D eigenvalue weighted by Gasteiger charge is -2.15. The van der Waals surface area contributed by atoms with E-state index < -0.39 is 11.6 Å². The standard InChI is InChI=1S/C15H13Br2F2NO/c1-8-4-10(16)5-9(6-20)15(8)21-7-11-13(18)3-2-12(17)14(11)19/h2-5H,6-7,20H2,1H3. The zero-order valence-electron chi connectivity index (χ0n) is 11.2. The maximum atomic E-state index is 13.9. The first-order valence-corrected chi connectivity index (χ1v) is 7.77. The van der Waals surface area contributed by atoms with Gasteiger partial charge in [0.15, 0.2) is 0 Å². The molecule has 0 bridgehead atoms. The predicted molar refractivity (Wildman–Crippen MR) is 85.2 cm³/mol. The highest BCUT2D eigenvalue weighted by Crippen LogP contribution is 2.30. The Morgan fingerprint density at radius 1 is 1.19 bits per heavy atom. The average molecular weight is 421 g/mol. The van der Waals surface area contributed by atoms with Crippen molar-refractivity contribution in [2.45, 2.75) is 20.1 Å². The Morgan fingerprint density at radius 3 is 2.57 bits per heavy atom. The molecule has 0 fully saturated rings. The maximum absolute atomic E-state index is 13.9. The summed E-state index contributed by atoms with van der Waals surface area (Å²) in [6.07, 6.45) is 0.